The van der Waals surface area contributed by atoms with Crippen molar-refractivity contribution < 1.29 is 14.3 Å². The zero-order chi connectivity index (χ0) is 8.97. The highest BCUT2D eigenvalue weighted by atomic mass is 16.6. The number of hydrogen-bond acceptors (Lipinski definition) is 3. The Morgan fingerprint density at radius 2 is 2.33 bits per heavy atom. The van der Waals surface area contributed by atoms with Gasteiger partial charge in [-0.3, -0.25) is 4.79 Å². The molecule has 1 aliphatic rings. The van der Waals surface area contributed by atoms with Gasteiger partial charge in [-0.2, -0.15) is 0 Å². The topological polar surface area (TPSA) is 38.8 Å². The van der Waals surface area contributed by atoms with E-state index in [0.29, 0.717) is 31.2 Å². The van der Waals surface area contributed by atoms with Crippen LogP contribution in [0.5, 0.6) is 0 Å². The maximum Gasteiger partial charge on any atom is 0.293 e. The first-order chi connectivity index (χ1) is 5.77. The maximum atomic E-state index is 9.94. The molecule has 0 aromatic carbocycles. The molecule has 3 heteroatoms. The summed E-state index contributed by atoms with van der Waals surface area (Å²) in [4.78, 5) is 9.94. The van der Waals surface area contributed by atoms with Gasteiger partial charge in [0.15, 0.2) is 0 Å². The van der Waals surface area contributed by atoms with Crippen molar-refractivity contribution in [1.29, 1.82) is 0 Å². The molecule has 12 heavy (non-hydrogen) atoms. The van der Waals surface area contributed by atoms with Crippen LogP contribution in [0, 0.1) is 5.92 Å². The van der Waals surface area contributed by atoms with Crippen molar-refractivity contribution in [2.45, 2.75) is 38.9 Å². The summed E-state index contributed by atoms with van der Waals surface area (Å²) in [5.41, 5.74) is 0. The number of rotatable bonds is 6. The molecular formula is C9H16O3. The van der Waals surface area contributed by atoms with E-state index >= 15 is 0 Å². The zero-order valence-corrected chi connectivity index (χ0v) is 7.66. The summed E-state index contributed by atoms with van der Waals surface area (Å²) >= 11 is 0. The summed E-state index contributed by atoms with van der Waals surface area (Å²) in [6.07, 6.45) is 2.88. The van der Waals surface area contributed by atoms with E-state index in [1.165, 1.54) is 0 Å². The van der Waals surface area contributed by atoms with Gasteiger partial charge in [-0.05, 0) is 25.7 Å². The SMILES string of the molecule is CCC(COC=O)CC1OC1C. The highest BCUT2D eigenvalue weighted by Gasteiger charge is 2.35. The third-order valence-electron chi connectivity index (χ3n) is 2.38. The van der Waals surface area contributed by atoms with E-state index in [1.807, 2.05) is 0 Å². The van der Waals surface area contributed by atoms with Crippen LogP contribution < -0.4 is 0 Å². The lowest BCUT2D eigenvalue weighted by molar-refractivity contribution is -0.130. The molecule has 3 nitrogen and oxygen atoms in total. The van der Waals surface area contributed by atoms with Crippen LogP contribution in [0.1, 0.15) is 26.7 Å². The average Bonchev–Trinajstić information content (AvgIpc) is 2.75. The second-order valence-corrected chi connectivity index (χ2v) is 3.32. The maximum absolute atomic E-state index is 9.94. The van der Waals surface area contributed by atoms with Crippen LogP contribution >= 0.6 is 0 Å². The Hall–Kier alpha value is -0.570. The predicted molar refractivity (Wildman–Crippen MR) is 44.7 cm³/mol. The van der Waals surface area contributed by atoms with Gasteiger partial charge in [0.1, 0.15) is 0 Å². The molecule has 0 saturated carbocycles. The summed E-state index contributed by atoms with van der Waals surface area (Å²) in [5, 5.41) is 0. The molecule has 0 aliphatic carbocycles. The van der Waals surface area contributed by atoms with Crippen molar-refractivity contribution in [2.24, 2.45) is 5.92 Å². The van der Waals surface area contributed by atoms with Gasteiger partial charge in [-0.15, -0.1) is 0 Å². The molecule has 1 heterocycles. The molecule has 1 aliphatic heterocycles. The Morgan fingerprint density at radius 3 is 2.75 bits per heavy atom. The van der Waals surface area contributed by atoms with E-state index in [0.717, 1.165) is 12.8 Å². The molecule has 0 bridgehead atoms. The van der Waals surface area contributed by atoms with E-state index in [9.17, 15) is 4.79 Å². The summed E-state index contributed by atoms with van der Waals surface area (Å²) in [5.74, 6) is 0.463. The van der Waals surface area contributed by atoms with Crippen LogP contribution in [0.15, 0.2) is 0 Å². The molecule has 0 amide bonds. The molecular weight excluding hydrogens is 156 g/mol. The average molecular weight is 172 g/mol. The van der Waals surface area contributed by atoms with Crippen molar-refractivity contribution in [2.75, 3.05) is 6.61 Å². The van der Waals surface area contributed by atoms with Crippen molar-refractivity contribution in [3.05, 3.63) is 0 Å². The predicted octanol–water partition coefficient (Wildman–Crippen LogP) is 1.36. The normalized spacial score (nSPS) is 29.5. The van der Waals surface area contributed by atoms with Crippen molar-refractivity contribution in [3.63, 3.8) is 0 Å². The molecule has 1 saturated heterocycles. The third kappa shape index (κ3) is 2.81. The van der Waals surface area contributed by atoms with Gasteiger partial charge in [0.2, 0.25) is 0 Å². The lowest BCUT2D eigenvalue weighted by Gasteiger charge is -2.10. The van der Waals surface area contributed by atoms with Gasteiger partial charge < -0.3 is 9.47 Å². The minimum absolute atomic E-state index is 0.408. The highest BCUT2D eigenvalue weighted by molar-refractivity contribution is 5.36. The Balaban J connectivity index is 2.12. The Morgan fingerprint density at radius 1 is 1.67 bits per heavy atom. The van der Waals surface area contributed by atoms with Crippen molar-refractivity contribution in [1.82, 2.24) is 0 Å². The molecule has 0 spiro atoms. The molecule has 0 radical (unpaired) electrons. The van der Waals surface area contributed by atoms with Gasteiger partial charge >= 0.3 is 0 Å². The largest absolute Gasteiger partial charge is 0.468 e. The van der Waals surface area contributed by atoms with Gasteiger partial charge in [0, 0.05) is 0 Å². The fourth-order valence-electron chi connectivity index (χ4n) is 1.33. The molecule has 3 unspecified atom stereocenters. The number of ether oxygens (including phenoxy) is 2. The lowest BCUT2D eigenvalue weighted by atomic mass is 10.0. The Bertz CT molecular complexity index is 147. The smallest absolute Gasteiger partial charge is 0.293 e. The van der Waals surface area contributed by atoms with Gasteiger partial charge in [0.05, 0.1) is 18.8 Å². The number of hydrogen-bond donors (Lipinski definition) is 0. The standard InChI is InChI=1S/C9H16O3/c1-3-8(5-11-6-10)4-9-7(2)12-9/h6-9H,3-5H2,1-2H3. The summed E-state index contributed by atoms with van der Waals surface area (Å²) < 4.78 is 10.00. The quantitative estimate of drug-likeness (QED) is 0.448. The summed E-state index contributed by atoms with van der Waals surface area (Å²) in [6.45, 7) is 5.22. The zero-order valence-electron chi connectivity index (χ0n) is 7.66. The van der Waals surface area contributed by atoms with Crippen LogP contribution in [0.2, 0.25) is 0 Å². The minimum atomic E-state index is 0.408. The van der Waals surface area contributed by atoms with Crippen LogP contribution in [0.3, 0.4) is 0 Å². The summed E-state index contributed by atoms with van der Waals surface area (Å²) in [7, 11) is 0. The van der Waals surface area contributed by atoms with Crippen molar-refractivity contribution in [3.8, 4) is 0 Å². The van der Waals surface area contributed by atoms with Gasteiger partial charge in [0.25, 0.3) is 6.47 Å². The molecule has 1 rings (SSSR count). The van der Waals surface area contributed by atoms with Gasteiger partial charge in [-0.1, -0.05) is 6.92 Å². The molecule has 0 N–H and O–H groups in total. The van der Waals surface area contributed by atoms with E-state index in [4.69, 9.17) is 9.47 Å². The minimum Gasteiger partial charge on any atom is -0.468 e. The van der Waals surface area contributed by atoms with Crippen LogP contribution in [-0.2, 0) is 14.3 Å². The first-order valence-electron chi connectivity index (χ1n) is 4.48. The van der Waals surface area contributed by atoms with Crippen LogP contribution in [0.25, 0.3) is 0 Å². The third-order valence-corrected chi connectivity index (χ3v) is 2.38. The molecule has 70 valence electrons. The molecule has 1 fully saturated rings. The van der Waals surface area contributed by atoms with Gasteiger partial charge in [-0.25, -0.2) is 0 Å². The fraction of sp³-hybridized carbons (Fsp3) is 0.889. The number of carbonyl (C=O) groups is 1. The van der Waals surface area contributed by atoms with E-state index in [-0.39, 0.29) is 0 Å². The van der Waals surface area contributed by atoms with Crippen LogP contribution in [0.4, 0.5) is 0 Å². The fourth-order valence-corrected chi connectivity index (χ4v) is 1.33. The first kappa shape index (κ1) is 9.52. The van der Waals surface area contributed by atoms with Crippen molar-refractivity contribution >= 4 is 6.47 Å². The van der Waals surface area contributed by atoms with E-state index in [2.05, 4.69) is 13.8 Å². The number of epoxide rings is 1. The molecule has 3 atom stereocenters. The second-order valence-electron chi connectivity index (χ2n) is 3.32. The first-order valence-corrected chi connectivity index (χ1v) is 4.48. The highest BCUT2D eigenvalue weighted by Crippen LogP contribution is 2.28. The molecule has 0 aromatic heterocycles. The lowest BCUT2D eigenvalue weighted by Crippen LogP contribution is -2.11. The molecule has 0 aromatic rings. The monoisotopic (exact) mass is 172 g/mol. The number of carbonyl (C=O) groups excluding carboxylic acids is 1. The summed E-state index contributed by atoms with van der Waals surface area (Å²) in [6, 6.07) is 0. The Labute approximate surface area is 73.0 Å². The second kappa shape index (κ2) is 4.45. The van der Waals surface area contributed by atoms with Crippen LogP contribution in [-0.4, -0.2) is 25.3 Å². The van der Waals surface area contributed by atoms with E-state index < -0.39 is 0 Å². The Kier molecular flexibility index (Phi) is 3.53. The van der Waals surface area contributed by atoms with E-state index in [1.54, 1.807) is 0 Å².